The molecule has 2 aromatic rings. The first kappa shape index (κ1) is 21.1. The standard InChI is InChI=1S/C19H23N3O6/c1-15(23)2-3-16-4-6-18(7-5-16)28-13-12-27-11-9-20-19-14-17(22(25)26)8-10-21(19)24/h4-8,10,14,24H,2-3,9,11-13H2,1H3. The highest BCUT2D eigenvalue weighted by molar-refractivity contribution is 5.75. The van der Waals surface area contributed by atoms with E-state index in [2.05, 4.69) is 4.99 Å². The van der Waals surface area contributed by atoms with Crippen LogP contribution in [0.4, 0.5) is 5.69 Å². The van der Waals surface area contributed by atoms with Gasteiger partial charge in [0.25, 0.3) is 5.69 Å². The molecule has 0 unspecified atom stereocenters. The monoisotopic (exact) mass is 389 g/mol. The summed E-state index contributed by atoms with van der Waals surface area (Å²) in [5, 5.41) is 20.3. The van der Waals surface area contributed by atoms with Gasteiger partial charge in [-0.2, -0.15) is 4.73 Å². The third kappa shape index (κ3) is 7.20. The summed E-state index contributed by atoms with van der Waals surface area (Å²) in [6.07, 6.45) is 2.42. The van der Waals surface area contributed by atoms with Gasteiger partial charge in [0, 0.05) is 12.5 Å². The molecule has 1 aromatic carbocycles. The number of ketones is 1. The van der Waals surface area contributed by atoms with Crippen molar-refractivity contribution in [3.05, 3.63) is 63.8 Å². The smallest absolute Gasteiger partial charge is 0.274 e. The van der Waals surface area contributed by atoms with Crippen molar-refractivity contribution in [2.24, 2.45) is 4.99 Å². The zero-order valence-corrected chi connectivity index (χ0v) is 15.6. The number of carbonyl (C=O) groups is 1. The molecule has 1 N–H and O–H groups in total. The van der Waals surface area contributed by atoms with Gasteiger partial charge in [-0.3, -0.25) is 15.1 Å². The molecule has 0 spiro atoms. The maximum Gasteiger partial charge on any atom is 0.274 e. The van der Waals surface area contributed by atoms with Crippen molar-refractivity contribution < 1.29 is 24.4 Å². The van der Waals surface area contributed by atoms with Gasteiger partial charge in [-0.05, 0) is 31.0 Å². The molecule has 0 aliphatic rings. The number of hydrogen-bond acceptors (Lipinski definition) is 7. The molecule has 150 valence electrons. The van der Waals surface area contributed by atoms with Crippen LogP contribution in [0.15, 0.2) is 47.6 Å². The van der Waals surface area contributed by atoms with Crippen LogP contribution in [0.25, 0.3) is 0 Å². The lowest BCUT2D eigenvalue weighted by molar-refractivity contribution is -0.385. The van der Waals surface area contributed by atoms with E-state index in [1.165, 1.54) is 12.1 Å². The van der Waals surface area contributed by atoms with Gasteiger partial charge >= 0.3 is 0 Å². The number of hydrogen-bond donors (Lipinski definition) is 1. The number of Topliss-reactive ketones (excluding diaryl/α,β-unsaturated/α-hetero) is 1. The van der Waals surface area contributed by atoms with Crippen molar-refractivity contribution >= 4 is 11.5 Å². The number of pyridine rings is 1. The summed E-state index contributed by atoms with van der Waals surface area (Å²) < 4.78 is 11.7. The van der Waals surface area contributed by atoms with Crippen LogP contribution in [0.5, 0.6) is 5.75 Å². The molecule has 28 heavy (non-hydrogen) atoms. The Bertz CT molecular complexity index is 861. The first-order chi connectivity index (χ1) is 13.5. The van der Waals surface area contributed by atoms with E-state index in [0.717, 1.165) is 28.7 Å². The van der Waals surface area contributed by atoms with Gasteiger partial charge in [-0.15, -0.1) is 0 Å². The molecule has 0 atom stereocenters. The van der Waals surface area contributed by atoms with Crippen molar-refractivity contribution in [2.75, 3.05) is 26.4 Å². The van der Waals surface area contributed by atoms with Crippen molar-refractivity contribution in [3.63, 3.8) is 0 Å². The van der Waals surface area contributed by atoms with Crippen LogP contribution in [0.3, 0.4) is 0 Å². The van der Waals surface area contributed by atoms with E-state index < -0.39 is 4.92 Å². The summed E-state index contributed by atoms with van der Waals surface area (Å²) in [5.41, 5.74) is 1.02. The first-order valence-corrected chi connectivity index (χ1v) is 8.81. The van der Waals surface area contributed by atoms with Gasteiger partial charge in [-0.25, -0.2) is 0 Å². The first-order valence-electron chi connectivity index (χ1n) is 8.81. The molecule has 9 heteroatoms. The highest BCUT2D eigenvalue weighted by Crippen LogP contribution is 2.13. The molecule has 0 radical (unpaired) electrons. The molecule has 0 amide bonds. The minimum absolute atomic E-state index is 0.0823. The molecule has 1 aromatic heterocycles. The van der Waals surface area contributed by atoms with Crippen LogP contribution in [0.1, 0.15) is 18.9 Å². The zero-order chi connectivity index (χ0) is 20.4. The Hall–Kier alpha value is -3.20. The average molecular weight is 389 g/mol. The minimum Gasteiger partial charge on any atom is -0.491 e. The van der Waals surface area contributed by atoms with E-state index in [-0.39, 0.29) is 30.1 Å². The van der Waals surface area contributed by atoms with E-state index in [1.54, 1.807) is 6.92 Å². The fraction of sp³-hybridized carbons (Fsp3) is 0.368. The number of ether oxygens (including phenoxy) is 2. The lowest BCUT2D eigenvalue weighted by Crippen LogP contribution is -2.19. The SMILES string of the molecule is CC(=O)CCc1ccc(OCCOCCN=c2cc([N+](=O)[O-])ccn2O)cc1. The van der Waals surface area contributed by atoms with Crippen molar-refractivity contribution in [2.45, 2.75) is 19.8 Å². The number of aromatic nitrogens is 1. The average Bonchev–Trinajstić information content (AvgIpc) is 2.67. The molecular formula is C19H23N3O6. The highest BCUT2D eigenvalue weighted by Gasteiger charge is 2.05. The molecule has 0 saturated carbocycles. The predicted octanol–water partition coefficient (Wildman–Crippen LogP) is 2.15. The van der Waals surface area contributed by atoms with Crippen molar-refractivity contribution in [3.8, 4) is 5.75 Å². The highest BCUT2D eigenvalue weighted by atomic mass is 16.6. The Morgan fingerprint density at radius 2 is 1.96 bits per heavy atom. The number of carbonyl (C=O) groups excluding carboxylic acids is 1. The molecule has 1 heterocycles. The van der Waals surface area contributed by atoms with Crippen LogP contribution in [-0.2, 0) is 16.0 Å². The molecule has 9 nitrogen and oxygen atoms in total. The second kappa shape index (κ2) is 10.8. The Morgan fingerprint density at radius 1 is 1.21 bits per heavy atom. The van der Waals surface area contributed by atoms with Crippen LogP contribution in [0.2, 0.25) is 0 Å². The van der Waals surface area contributed by atoms with Crippen LogP contribution in [0, 0.1) is 10.1 Å². The lowest BCUT2D eigenvalue weighted by Gasteiger charge is -2.07. The zero-order valence-electron chi connectivity index (χ0n) is 15.6. The van der Waals surface area contributed by atoms with E-state index in [9.17, 15) is 20.1 Å². The van der Waals surface area contributed by atoms with E-state index in [0.29, 0.717) is 19.6 Å². The Balaban J connectivity index is 1.68. The Kier molecular flexibility index (Phi) is 8.16. The summed E-state index contributed by atoms with van der Waals surface area (Å²) in [4.78, 5) is 25.2. The van der Waals surface area contributed by atoms with E-state index in [4.69, 9.17) is 9.47 Å². The topological polar surface area (TPSA) is 116 Å². The minimum atomic E-state index is -0.553. The van der Waals surface area contributed by atoms with Gasteiger partial charge in [-0.1, -0.05) is 12.1 Å². The molecule has 0 aliphatic carbocycles. The maximum absolute atomic E-state index is 11.0. The normalized spacial score (nSPS) is 11.4. The third-order valence-electron chi connectivity index (χ3n) is 3.80. The van der Waals surface area contributed by atoms with Crippen LogP contribution in [-0.4, -0.2) is 47.0 Å². The van der Waals surface area contributed by atoms with Gasteiger partial charge in [0.1, 0.15) is 18.1 Å². The molecule has 0 bridgehead atoms. The molecule has 2 rings (SSSR count). The Labute approximate surface area is 162 Å². The molecule has 0 fully saturated rings. The van der Waals surface area contributed by atoms with Crippen molar-refractivity contribution in [1.82, 2.24) is 4.73 Å². The summed E-state index contributed by atoms with van der Waals surface area (Å²) in [5.74, 6) is 0.890. The van der Waals surface area contributed by atoms with Gasteiger partial charge in [0.15, 0.2) is 5.49 Å². The summed E-state index contributed by atoms with van der Waals surface area (Å²) >= 11 is 0. The molecule has 0 saturated heterocycles. The predicted molar refractivity (Wildman–Crippen MR) is 100 cm³/mol. The molecule has 0 aliphatic heterocycles. The third-order valence-corrected chi connectivity index (χ3v) is 3.80. The fourth-order valence-electron chi connectivity index (χ4n) is 2.32. The summed E-state index contributed by atoms with van der Waals surface area (Å²) in [6, 6.07) is 9.94. The lowest BCUT2D eigenvalue weighted by atomic mass is 10.1. The summed E-state index contributed by atoms with van der Waals surface area (Å²) in [6.45, 7) is 2.83. The number of aryl methyl sites for hydroxylation is 1. The van der Waals surface area contributed by atoms with Gasteiger partial charge in [0.05, 0.1) is 36.9 Å². The van der Waals surface area contributed by atoms with E-state index >= 15 is 0 Å². The number of nitro groups is 1. The summed E-state index contributed by atoms with van der Waals surface area (Å²) in [7, 11) is 0. The number of benzene rings is 1. The van der Waals surface area contributed by atoms with Crippen LogP contribution >= 0.6 is 0 Å². The second-order valence-electron chi connectivity index (χ2n) is 6.03. The largest absolute Gasteiger partial charge is 0.491 e. The van der Waals surface area contributed by atoms with Gasteiger partial charge in [0.2, 0.25) is 0 Å². The Morgan fingerprint density at radius 3 is 2.64 bits per heavy atom. The second-order valence-corrected chi connectivity index (χ2v) is 6.03. The number of rotatable bonds is 11. The number of nitrogens with zero attached hydrogens (tertiary/aromatic N) is 3. The maximum atomic E-state index is 11.0. The van der Waals surface area contributed by atoms with Crippen molar-refractivity contribution in [1.29, 1.82) is 0 Å². The van der Waals surface area contributed by atoms with Crippen LogP contribution < -0.4 is 10.2 Å². The molecular weight excluding hydrogens is 366 g/mol. The van der Waals surface area contributed by atoms with E-state index in [1.807, 2.05) is 24.3 Å². The van der Waals surface area contributed by atoms with Gasteiger partial charge < -0.3 is 19.5 Å². The quantitative estimate of drug-likeness (QED) is 0.272. The fourth-order valence-corrected chi connectivity index (χ4v) is 2.32.